The van der Waals surface area contributed by atoms with Crippen molar-refractivity contribution >= 4 is 6.41 Å². The van der Waals surface area contributed by atoms with E-state index in [9.17, 15) is 18.4 Å². The van der Waals surface area contributed by atoms with E-state index in [2.05, 4.69) is 29.2 Å². The van der Waals surface area contributed by atoms with Crippen molar-refractivity contribution < 1.29 is 18.3 Å². The fourth-order valence-corrected chi connectivity index (χ4v) is 6.59. The van der Waals surface area contributed by atoms with Crippen LogP contribution in [0.2, 0.25) is 0 Å². The summed E-state index contributed by atoms with van der Waals surface area (Å²) in [6.07, 6.45) is 9.57. The number of amides is 1. The summed E-state index contributed by atoms with van der Waals surface area (Å²) in [4.78, 5) is 30.5. The largest absolute Gasteiger partial charge is 0.496 e. The van der Waals surface area contributed by atoms with Crippen LogP contribution >= 0.6 is 0 Å². The monoisotopic (exact) mass is 609 g/mol. The second-order valence-corrected chi connectivity index (χ2v) is 12.1. The molecule has 2 atom stereocenters. The third-order valence-corrected chi connectivity index (χ3v) is 9.27. The molecule has 3 heterocycles. The Balaban J connectivity index is 0.000000152. The fourth-order valence-electron chi connectivity index (χ4n) is 6.59. The van der Waals surface area contributed by atoms with E-state index in [4.69, 9.17) is 4.74 Å². The summed E-state index contributed by atoms with van der Waals surface area (Å²) in [6.45, 7) is 6.78. The number of methoxy groups -OCH3 is 1. The van der Waals surface area contributed by atoms with E-state index >= 15 is 0 Å². The van der Waals surface area contributed by atoms with Gasteiger partial charge in [-0.25, -0.2) is 13.8 Å². The van der Waals surface area contributed by atoms with E-state index in [0.717, 1.165) is 35.1 Å². The van der Waals surface area contributed by atoms with Gasteiger partial charge in [0, 0.05) is 50.4 Å². The molecule has 1 aromatic heterocycles. The molecule has 0 radical (unpaired) electrons. The molecule has 1 aliphatic carbocycles. The van der Waals surface area contributed by atoms with E-state index in [0.29, 0.717) is 37.5 Å². The summed E-state index contributed by atoms with van der Waals surface area (Å²) in [6, 6.07) is 11.8. The number of likely N-dealkylation sites (tertiary alicyclic amines) is 1. The standard InChI is InChI=1S/C12H12N2O2.C11H12F2N2O.C11H21N/c1-14-8-13-10(7-12(14)15)9-5-3-4-6-11(9)16-2;12-8-1-2-10(13)9(5-8)11-6-14-3-4-15(11)7-16;1-10-5-8-12(2)9-11(10)6-3-4-7-11/h3-8H,1-2H3;1-2,5,7,11,14H,3-4,6H2;10H,3-9H2,1-2H3/t;;10-/m..1/s1. The lowest BCUT2D eigenvalue weighted by Gasteiger charge is -2.44. The first-order chi connectivity index (χ1) is 21.2. The van der Waals surface area contributed by atoms with Gasteiger partial charge in [0.2, 0.25) is 6.41 Å². The molecule has 3 aromatic rings. The second kappa shape index (κ2) is 15.4. The van der Waals surface area contributed by atoms with E-state index in [1.165, 1.54) is 67.1 Å². The van der Waals surface area contributed by atoms with Crippen LogP contribution in [0.5, 0.6) is 5.75 Å². The van der Waals surface area contributed by atoms with Crippen LogP contribution in [0.1, 0.15) is 50.6 Å². The topological polar surface area (TPSA) is 79.7 Å². The highest BCUT2D eigenvalue weighted by Crippen LogP contribution is 2.47. The number of carbonyl (C=O) groups is 1. The number of aromatic nitrogens is 2. The van der Waals surface area contributed by atoms with Gasteiger partial charge < -0.3 is 24.4 Å². The van der Waals surface area contributed by atoms with Crippen LogP contribution in [-0.4, -0.2) is 72.6 Å². The lowest BCUT2D eigenvalue weighted by Crippen LogP contribution is -2.45. The number of nitrogens with one attached hydrogen (secondary N) is 1. The smallest absolute Gasteiger partial charge is 0.253 e. The predicted molar refractivity (Wildman–Crippen MR) is 168 cm³/mol. The number of aryl methyl sites for hydroxylation is 1. The normalized spacial score (nSPS) is 21.1. The number of rotatable bonds is 4. The molecule has 1 saturated carbocycles. The zero-order chi connectivity index (χ0) is 31.7. The summed E-state index contributed by atoms with van der Waals surface area (Å²) in [5.74, 6) is 0.717. The van der Waals surface area contributed by atoms with E-state index < -0.39 is 17.7 Å². The Hall–Kier alpha value is -3.63. The number of piperazine rings is 1. The van der Waals surface area contributed by atoms with Crippen molar-refractivity contribution in [2.24, 2.45) is 18.4 Å². The second-order valence-electron chi connectivity index (χ2n) is 12.1. The van der Waals surface area contributed by atoms with Crippen molar-refractivity contribution in [2.75, 3.05) is 46.9 Å². The van der Waals surface area contributed by atoms with Crippen LogP contribution in [0, 0.1) is 23.0 Å². The Morgan fingerprint density at radius 2 is 1.82 bits per heavy atom. The minimum absolute atomic E-state index is 0.0871. The zero-order valence-corrected chi connectivity index (χ0v) is 26.3. The van der Waals surface area contributed by atoms with Crippen molar-refractivity contribution in [2.45, 2.75) is 45.1 Å². The SMILES string of the molecule is COc1ccccc1-c1cc(=O)n(C)cn1.C[C@@H]1CCN(C)CC12CCCC2.O=CN1CCNCC1c1cc(F)ccc1F. The minimum atomic E-state index is -0.493. The number of halogens is 2. The molecule has 2 aliphatic heterocycles. The molecule has 3 aliphatic rings. The third-order valence-electron chi connectivity index (χ3n) is 9.27. The average Bonchev–Trinajstić information content (AvgIpc) is 3.51. The Morgan fingerprint density at radius 3 is 2.52 bits per heavy atom. The third kappa shape index (κ3) is 8.09. The molecule has 2 aromatic carbocycles. The molecule has 8 nitrogen and oxygen atoms in total. The first kappa shape index (κ1) is 33.3. The predicted octanol–water partition coefficient (Wildman–Crippen LogP) is 5.04. The molecule has 44 heavy (non-hydrogen) atoms. The molecule has 238 valence electrons. The van der Waals surface area contributed by atoms with Crippen LogP contribution in [0.3, 0.4) is 0 Å². The first-order valence-corrected chi connectivity index (χ1v) is 15.4. The number of nitrogens with zero attached hydrogens (tertiary/aromatic N) is 4. The van der Waals surface area contributed by atoms with Gasteiger partial charge in [0.05, 0.1) is 25.2 Å². The number of para-hydroxylation sites is 1. The summed E-state index contributed by atoms with van der Waals surface area (Å²) >= 11 is 0. The van der Waals surface area contributed by atoms with E-state index in [1.54, 1.807) is 14.2 Å². The average molecular weight is 610 g/mol. The number of hydrogen-bond acceptors (Lipinski definition) is 6. The maximum absolute atomic E-state index is 13.5. The Labute approximate surface area is 259 Å². The number of ether oxygens (including phenoxy) is 1. The van der Waals surface area contributed by atoms with Gasteiger partial charge in [0.15, 0.2) is 0 Å². The van der Waals surface area contributed by atoms with Gasteiger partial charge >= 0.3 is 0 Å². The highest BCUT2D eigenvalue weighted by atomic mass is 19.1. The number of piperidine rings is 1. The zero-order valence-electron chi connectivity index (χ0n) is 26.3. The lowest BCUT2D eigenvalue weighted by atomic mass is 9.71. The number of carbonyl (C=O) groups excluding carboxylic acids is 1. The van der Waals surface area contributed by atoms with Crippen LogP contribution < -0.4 is 15.6 Å². The molecule has 2 saturated heterocycles. The highest BCUT2D eigenvalue weighted by Gasteiger charge is 2.41. The van der Waals surface area contributed by atoms with Crippen molar-refractivity contribution in [1.29, 1.82) is 0 Å². The van der Waals surface area contributed by atoms with Crippen molar-refractivity contribution in [3.8, 4) is 17.0 Å². The van der Waals surface area contributed by atoms with Gasteiger partial charge in [0.1, 0.15) is 17.4 Å². The molecule has 1 N–H and O–H groups in total. The first-order valence-electron chi connectivity index (χ1n) is 15.4. The quantitative estimate of drug-likeness (QED) is 0.418. The van der Waals surface area contributed by atoms with Gasteiger partial charge in [0.25, 0.3) is 5.56 Å². The van der Waals surface area contributed by atoms with Gasteiger partial charge in [-0.3, -0.25) is 9.59 Å². The van der Waals surface area contributed by atoms with Crippen LogP contribution in [-0.2, 0) is 11.8 Å². The maximum atomic E-state index is 13.5. The molecule has 6 rings (SSSR count). The Kier molecular flexibility index (Phi) is 11.6. The molecule has 0 bridgehead atoms. The molecule has 10 heteroatoms. The van der Waals surface area contributed by atoms with E-state index in [-0.39, 0.29) is 11.1 Å². The van der Waals surface area contributed by atoms with Gasteiger partial charge in [-0.1, -0.05) is 31.9 Å². The Morgan fingerprint density at radius 1 is 1.07 bits per heavy atom. The summed E-state index contributed by atoms with van der Waals surface area (Å²) in [5.41, 5.74) is 2.31. The number of hydrogen-bond donors (Lipinski definition) is 1. The minimum Gasteiger partial charge on any atom is -0.496 e. The molecular formula is C34H45F2N5O3. The molecule has 1 spiro atoms. The van der Waals surface area contributed by atoms with Gasteiger partial charge in [-0.15, -0.1) is 0 Å². The number of benzene rings is 2. The van der Waals surface area contributed by atoms with Gasteiger partial charge in [-0.2, -0.15) is 0 Å². The van der Waals surface area contributed by atoms with Crippen LogP contribution in [0.4, 0.5) is 8.78 Å². The van der Waals surface area contributed by atoms with Crippen molar-refractivity contribution in [3.63, 3.8) is 0 Å². The lowest BCUT2D eigenvalue weighted by molar-refractivity contribution is -0.121. The summed E-state index contributed by atoms with van der Waals surface area (Å²) < 4.78 is 33.2. The maximum Gasteiger partial charge on any atom is 0.253 e. The molecule has 1 unspecified atom stereocenters. The van der Waals surface area contributed by atoms with Crippen LogP contribution in [0.15, 0.2) is 59.7 Å². The molecular weight excluding hydrogens is 564 g/mol. The summed E-state index contributed by atoms with van der Waals surface area (Å²) in [5, 5.41) is 3.05. The van der Waals surface area contributed by atoms with Gasteiger partial charge in [-0.05, 0) is 74.5 Å². The molecule has 1 amide bonds. The fraction of sp³-hybridized carbons (Fsp3) is 0.500. The van der Waals surface area contributed by atoms with E-state index in [1.807, 2.05) is 24.3 Å². The van der Waals surface area contributed by atoms with Crippen molar-refractivity contribution in [1.82, 2.24) is 24.7 Å². The molecule has 3 fully saturated rings. The summed E-state index contributed by atoms with van der Waals surface area (Å²) in [7, 11) is 5.55. The van der Waals surface area contributed by atoms with Crippen molar-refractivity contribution in [3.05, 3.63) is 82.4 Å². The highest BCUT2D eigenvalue weighted by molar-refractivity contribution is 5.66. The van der Waals surface area contributed by atoms with Crippen LogP contribution in [0.25, 0.3) is 11.3 Å². The Bertz CT molecular complexity index is 1440.